The van der Waals surface area contributed by atoms with Gasteiger partial charge in [-0.2, -0.15) is 0 Å². The molecule has 45 heavy (non-hydrogen) atoms. The minimum atomic E-state index is -1.14. The molecular weight excluding hydrogens is 580 g/mol. The molecular formula is C34H58N2O9. The summed E-state index contributed by atoms with van der Waals surface area (Å²) >= 11 is 0. The van der Waals surface area contributed by atoms with Crippen LogP contribution in [0.5, 0.6) is 0 Å². The molecule has 11 nitrogen and oxygen atoms in total. The number of epoxide rings is 1. The van der Waals surface area contributed by atoms with E-state index in [1.807, 2.05) is 40.7 Å². The Morgan fingerprint density at radius 3 is 2.67 bits per heavy atom. The molecule has 11 heteroatoms. The summed E-state index contributed by atoms with van der Waals surface area (Å²) < 4.78 is 23.4. The van der Waals surface area contributed by atoms with E-state index in [0.29, 0.717) is 32.4 Å². The summed E-state index contributed by atoms with van der Waals surface area (Å²) in [4.78, 5) is 27.3. The van der Waals surface area contributed by atoms with E-state index in [1.54, 1.807) is 45.3 Å². The number of esters is 1. The monoisotopic (exact) mass is 638 g/mol. The van der Waals surface area contributed by atoms with E-state index in [0.717, 1.165) is 5.57 Å². The maximum Gasteiger partial charge on any atom is 0.410 e. The summed E-state index contributed by atoms with van der Waals surface area (Å²) in [5.41, 5.74) is -1.37. The summed E-state index contributed by atoms with van der Waals surface area (Å²) in [5, 5.41) is 34.8. The first-order valence-corrected chi connectivity index (χ1v) is 16.2. The van der Waals surface area contributed by atoms with Gasteiger partial charge in [0.05, 0.1) is 36.4 Å². The van der Waals surface area contributed by atoms with Crippen molar-refractivity contribution in [3.63, 3.8) is 0 Å². The van der Waals surface area contributed by atoms with E-state index in [-0.39, 0.29) is 36.9 Å². The largest absolute Gasteiger partial charge is 0.457 e. The van der Waals surface area contributed by atoms with E-state index in [9.17, 15) is 24.9 Å². The minimum Gasteiger partial charge on any atom is -0.457 e. The normalized spacial score (nSPS) is 33.2. The lowest BCUT2D eigenvalue weighted by Gasteiger charge is -2.36. The van der Waals surface area contributed by atoms with Crippen LogP contribution in [0.25, 0.3) is 0 Å². The number of carbonyl (C=O) groups excluding carboxylic acids is 2. The average molecular weight is 639 g/mol. The van der Waals surface area contributed by atoms with Gasteiger partial charge >= 0.3 is 12.1 Å². The molecule has 0 aromatic rings. The molecule has 0 saturated carbocycles. The van der Waals surface area contributed by atoms with Crippen LogP contribution in [0.2, 0.25) is 0 Å². The number of hydrogen-bond donors (Lipinski definition) is 4. The first-order chi connectivity index (χ1) is 21.1. The van der Waals surface area contributed by atoms with Gasteiger partial charge in [-0.3, -0.25) is 4.79 Å². The van der Waals surface area contributed by atoms with Crippen molar-refractivity contribution in [2.75, 3.05) is 34.3 Å². The molecule has 2 aliphatic rings. The standard InChI is InChI=1S/C34H58N2O9/c1-10-26(38)24(4)31-27(43-31)21-33(5,41)16-11-12-22(2)30-23(3)13-14-28(44-32(40)36(8)19-18-35-7)34(6,42-9)17-15-25(37)20-29(39)45-30/h11-14,16,23-28,30-31,35,37-38,41H,10,15,17-21H2,1-9H3/b14-13-,16-11+,22-12+/t23-,24+,25+,26-,27+,28-,30+,31+,33-,34+/m0/s1. The summed E-state index contributed by atoms with van der Waals surface area (Å²) in [6.45, 7) is 12.2. The number of hydrogen-bond acceptors (Lipinski definition) is 10. The van der Waals surface area contributed by atoms with Crippen molar-refractivity contribution in [2.45, 2.75) is 121 Å². The van der Waals surface area contributed by atoms with Crippen LogP contribution in [-0.4, -0.2) is 114 Å². The zero-order valence-corrected chi connectivity index (χ0v) is 28.7. The van der Waals surface area contributed by atoms with Crippen molar-refractivity contribution in [3.05, 3.63) is 36.0 Å². The maximum atomic E-state index is 12.9. The molecule has 2 aliphatic heterocycles. The Balaban J connectivity index is 2.26. The van der Waals surface area contributed by atoms with E-state index in [2.05, 4.69) is 5.32 Å². The van der Waals surface area contributed by atoms with E-state index in [1.165, 1.54) is 12.0 Å². The van der Waals surface area contributed by atoms with Gasteiger partial charge in [0, 0.05) is 45.5 Å². The Labute approximate surface area is 269 Å². The highest BCUT2D eigenvalue weighted by Gasteiger charge is 2.47. The molecule has 2 rings (SSSR count). The van der Waals surface area contributed by atoms with Crippen LogP contribution >= 0.6 is 0 Å². The molecule has 0 aromatic carbocycles. The van der Waals surface area contributed by atoms with Crippen LogP contribution in [0.4, 0.5) is 4.79 Å². The van der Waals surface area contributed by atoms with Gasteiger partial charge in [-0.25, -0.2) is 4.79 Å². The van der Waals surface area contributed by atoms with Crippen LogP contribution in [0.15, 0.2) is 36.0 Å². The number of rotatable bonds is 13. The second-order valence-electron chi connectivity index (χ2n) is 13.2. The predicted octanol–water partition coefficient (Wildman–Crippen LogP) is 3.51. The SMILES string of the molecule is CC[C@H](O)[C@@H](C)[C@H]1O[C@@H]1C[C@@](C)(O)/C=C/C=C(\C)[C@H]1OC(=O)C[C@H](O)CC[C@@](C)(OC)[C@@H](OC(=O)N(C)CCNC)/C=C\[C@@H]1C. The lowest BCUT2D eigenvalue weighted by molar-refractivity contribution is -0.151. The van der Waals surface area contributed by atoms with Crippen LogP contribution in [0.3, 0.4) is 0 Å². The number of cyclic esters (lactones) is 1. The Bertz CT molecular complexity index is 1040. The van der Waals surface area contributed by atoms with Gasteiger partial charge in [-0.05, 0) is 58.7 Å². The van der Waals surface area contributed by atoms with E-state index < -0.39 is 47.7 Å². The molecule has 1 saturated heterocycles. The van der Waals surface area contributed by atoms with Crippen LogP contribution in [-0.2, 0) is 23.7 Å². The third kappa shape index (κ3) is 12.1. The maximum absolute atomic E-state index is 12.9. The zero-order chi connectivity index (χ0) is 33.9. The Hall–Kier alpha value is -2.28. The number of ether oxygens (including phenoxy) is 4. The van der Waals surface area contributed by atoms with Gasteiger partial charge < -0.3 is 44.5 Å². The van der Waals surface area contributed by atoms with Gasteiger partial charge in [0.1, 0.15) is 11.7 Å². The van der Waals surface area contributed by atoms with Crippen LogP contribution in [0, 0.1) is 11.8 Å². The smallest absolute Gasteiger partial charge is 0.410 e. The first kappa shape index (κ1) is 38.9. The number of aliphatic hydroxyl groups excluding tert-OH is 2. The highest BCUT2D eigenvalue weighted by atomic mass is 16.6. The van der Waals surface area contributed by atoms with Crippen molar-refractivity contribution in [3.8, 4) is 0 Å². The average Bonchev–Trinajstić information content (AvgIpc) is 3.75. The molecule has 0 radical (unpaired) electrons. The number of amides is 1. The van der Waals surface area contributed by atoms with Gasteiger partial charge in [0.2, 0.25) is 0 Å². The molecule has 1 fully saturated rings. The number of allylic oxidation sites excluding steroid dienone is 2. The topological polar surface area (TPSA) is 150 Å². The first-order valence-electron chi connectivity index (χ1n) is 16.2. The third-order valence-corrected chi connectivity index (χ3v) is 9.05. The predicted molar refractivity (Wildman–Crippen MR) is 173 cm³/mol. The molecule has 0 bridgehead atoms. The molecule has 10 atom stereocenters. The molecule has 0 spiro atoms. The fourth-order valence-electron chi connectivity index (χ4n) is 5.58. The van der Waals surface area contributed by atoms with Crippen molar-refractivity contribution in [1.82, 2.24) is 10.2 Å². The fraction of sp³-hybridized carbons (Fsp3) is 0.765. The molecule has 0 aliphatic carbocycles. The number of aliphatic hydroxyl groups is 3. The number of nitrogens with one attached hydrogen (secondary N) is 1. The molecule has 2 heterocycles. The van der Waals surface area contributed by atoms with Gasteiger partial charge in [-0.1, -0.05) is 45.1 Å². The molecule has 4 N–H and O–H groups in total. The summed E-state index contributed by atoms with van der Waals surface area (Å²) in [5.74, 6) is -0.854. The second-order valence-corrected chi connectivity index (χ2v) is 13.2. The van der Waals surface area contributed by atoms with Crippen molar-refractivity contribution in [1.29, 1.82) is 0 Å². The number of likely N-dealkylation sites (N-methyl/N-ethyl adjacent to an activating group) is 2. The fourth-order valence-corrected chi connectivity index (χ4v) is 5.58. The van der Waals surface area contributed by atoms with Crippen molar-refractivity contribution >= 4 is 12.1 Å². The molecule has 1 amide bonds. The molecule has 0 unspecified atom stereocenters. The number of nitrogens with zero attached hydrogens (tertiary/aromatic N) is 1. The van der Waals surface area contributed by atoms with Gasteiger partial charge in [0.25, 0.3) is 0 Å². The summed E-state index contributed by atoms with van der Waals surface area (Å²) in [7, 11) is 5.01. The van der Waals surface area contributed by atoms with Crippen molar-refractivity contribution < 1.29 is 43.9 Å². The zero-order valence-electron chi connectivity index (χ0n) is 28.7. The Morgan fingerprint density at radius 2 is 2.04 bits per heavy atom. The van der Waals surface area contributed by atoms with Crippen LogP contribution in [0.1, 0.15) is 73.6 Å². The summed E-state index contributed by atoms with van der Waals surface area (Å²) in [6.07, 6.45) is 6.72. The number of carbonyl (C=O) groups is 2. The van der Waals surface area contributed by atoms with Gasteiger partial charge in [-0.15, -0.1) is 0 Å². The van der Waals surface area contributed by atoms with E-state index in [4.69, 9.17) is 18.9 Å². The third-order valence-electron chi connectivity index (χ3n) is 9.05. The Morgan fingerprint density at radius 1 is 1.36 bits per heavy atom. The number of methoxy groups -OCH3 is 1. The lowest BCUT2D eigenvalue weighted by atomic mass is 9.88. The molecule has 258 valence electrons. The van der Waals surface area contributed by atoms with Crippen LogP contribution < -0.4 is 5.32 Å². The second kappa shape index (κ2) is 17.6. The lowest BCUT2D eigenvalue weighted by Crippen LogP contribution is -2.46. The Kier molecular flexibility index (Phi) is 15.2. The molecule has 0 aromatic heterocycles. The minimum absolute atomic E-state index is 0.00472. The summed E-state index contributed by atoms with van der Waals surface area (Å²) in [6, 6.07) is 0. The van der Waals surface area contributed by atoms with E-state index >= 15 is 0 Å². The van der Waals surface area contributed by atoms with Gasteiger partial charge in [0.15, 0.2) is 6.10 Å². The van der Waals surface area contributed by atoms with Crippen molar-refractivity contribution in [2.24, 2.45) is 11.8 Å². The highest BCUT2D eigenvalue weighted by Crippen LogP contribution is 2.37. The quantitative estimate of drug-likeness (QED) is 0.102. The highest BCUT2D eigenvalue weighted by molar-refractivity contribution is 5.70.